The van der Waals surface area contributed by atoms with Crippen LogP contribution in [0.4, 0.5) is 4.79 Å². The molecule has 1 aromatic rings. The highest BCUT2D eigenvalue weighted by atomic mass is 16.6. The number of piperidine rings is 1. The summed E-state index contributed by atoms with van der Waals surface area (Å²) >= 11 is 0. The van der Waals surface area contributed by atoms with E-state index in [-0.39, 0.29) is 13.2 Å². The maximum atomic E-state index is 12.0. The van der Waals surface area contributed by atoms with Gasteiger partial charge in [0.1, 0.15) is 24.9 Å². The van der Waals surface area contributed by atoms with Crippen LogP contribution >= 0.6 is 0 Å². The molecule has 0 saturated carbocycles. The van der Waals surface area contributed by atoms with Gasteiger partial charge in [-0.05, 0) is 12.5 Å². The first kappa shape index (κ1) is 14.8. The lowest BCUT2D eigenvalue weighted by molar-refractivity contribution is -0.127. The molecule has 0 unspecified atom stereocenters. The van der Waals surface area contributed by atoms with Gasteiger partial charge >= 0.3 is 6.09 Å². The third-order valence-corrected chi connectivity index (χ3v) is 3.55. The summed E-state index contributed by atoms with van der Waals surface area (Å²) in [6.07, 6.45) is -4.23. The number of β-amino-alcohol motifs (C(OH)–C–C–N with tert-alkyl or cyclic N) is 1. The molecule has 110 valence electrons. The fraction of sp³-hybridized carbons (Fsp3) is 0.500. The molecule has 6 nitrogen and oxygen atoms in total. The summed E-state index contributed by atoms with van der Waals surface area (Å²) in [4.78, 5) is 13.2. The van der Waals surface area contributed by atoms with Gasteiger partial charge in [-0.25, -0.2) is 4.79 Å². The number of rotatable bonds is 2. The Hall–Kier alpha value is -1.63. The maximum Gasteiger partial charge on any atom is 0.410 e. The van der Waals surface area contributed by atoms with Crippen LogP contribution in [0.2, 0.25) is 0 Å². The number of amides is 1. The first-order valence-electron chi connectivity index (χ1n) is 6.52. The van der Waals surface area contributed by atoms with Gasteiger partial charge < -0.3 is 25.0 Å². The highest BCUT2D eigenvalue weighted by molar-refractivity contribution is 5.68. The van der Waals surface area contributed by atoms with Gasteiger partial charge in [0.2, 0.25) is 0 Å². The zero-order chi connectivity index (χ0) is 14.7. The van der Waals surface area contributed by atoms with Gasteiger partial charge in [-0.3, -0.25) is 0 Å². The molecule has 0 bridgehead atoms. The SMILES string of the molecule is C[C@@H]1[C@@H](O)[C@H](O)[C@@H](O)CN1C(=O)OCc1ccccc1. The summed E-state index contributed by atoms with van der Waals surface area (Å²) in [6, 6.07) is 8.61. The molecule has 0 spiro atoms. The van der Waals surface area contributed by atoms with Crippen LogP contribution in [0.25, 0.3) is 0 Å². The number of likely N-dealkylation sites (tertiary alicyclic amines) is 1. The van der Waals surface area contributed by atoms with E-state index < -0.39 is 30.4 Å². The number of carbonyl (C=O) groups excluding carboxylic acids is 1. The average molecular weight is 281 g/mol. The van der Waals surface area contributed by atoms with Crippen molar-refractivity contribution in [2.75, 3.05) is 6.54 Å². The van der Waals surface area contributed by atoms with E-state index in [9.17, 15) is 20.1 Å². The van der Waals surface area contributed by atoms with Crippen molar-refractivity contribution >= 4 is 6.09 Å². The molecule has 0 aromatic heterocycles. The minimum atomic E-state index is -1.25. The van der Waals surface area contributed by atoms with Crippen molar-refractivity contribution in [1.82, 2.24) is 4.90 Å². The minimum Gasteiger partial charge on any atom is -0.445 e. The van der Waals surface area contributed by atoms with Crippen molar-refractivity contribution in [3.63, 3.8) is 0 Å². The fourth-order valence-electron chi connectivity index (χ4n) is 2.22. The van der Waals surface area contributed by atoms with Crippen LogP contribution < -0.4 is 0 Å². The molecule has 1 amide bonds. The second-order valence-electron chi connectivity index (χ2n) is 4.98. The summed E-state index contributed by atoms with van der Waals surface area (Å²) < 4.78 is 5.15. The Bertz CT molecular complexity index is 452. The molecular formula is C14H19NO5. The molecular weight excluding hydrogens is 262 g/mol. The number of benzene rings is 1. The van der Waals surface area contributed by atoms with Crippen molar-refractivity contribution in [1.29, 1.82) is 0 Å². The molecule has 0 radical (unpaired) electrons. The van der Waals surface area contributed by atoms with Gasteiger partial charge in [0, 0.05) is 0 Å². The Morgan fingerprint density at radius 3 is 2.55 bits per heavy atom. The molecule has 3 N–H and O–H groups in total. The molecule has 20 heavy (non-hydrogen) atoms. The molecule has 1 fully saturated rings. The number of carbonyl (C=O) groups is 1. The van der Waals surface area contributed by atoms with E-state index in [1.807, 2.05) is 30.3 Å². The third-order valence-electron chi connectivity index (χ3n) is 3.55. The number of nitrogens with zero attached hydrogens (tertiary/aromatic N) is 1. The number of hydrogen-bond donors (Lipinski definition) is 3. The van der Waals surface area contributed by atoms with Crippen LogP contribution in [0.15, 0.2) is 30.3 Å². The lowest BCUT2D eigenvalue weighted by Crippen LogP contribution is -2.61. The molecule has 0 aliphatic carbocycles. The monoisotopic (exact) mass is 281 g/mol. The van der Waals surface area contributed by atoms with E-state index in [0.29, 0.717) is 0 Å². The van der Waals surface area contributed by atoms with Crippen molar-refractivity contribution in [3.8, 4) is 0 Å². The van der Waals surface area contributed by atoms with Gasteiger partial charge in [0.25, 0.3) is 0 Å². The molecule has 1 aliphatic rings. The number of aliphatic hydroxyl groups is 3. The summed E-state index contributed by atoms with van der Waals surface area (Å²) in [7, 11) is 0. The topological polar surface area (TPSA) is 90.2 Å². The number of hydrogen-bond acceptors (Lipinski definition) is 5. The summed E-state index contributed by atoms with van der Waals surface area (Å²) in [5, 5.41) is 28.9. The molecule has 1 aromatic carbocycles. The second kappa shape index (κ2) is 6.21. The van der Waals surface area contributed by atoms with Crippen molar-refractivity contribution in [3.05, 3.63) is 35.9 Å². The Balaban J connectivity index is 1.95. The zero-order valence-corrected chi connectivity index (χ0v) is 11.2. The molecule has 4 atom stereocenters. The lowest BCUT2D eigenvalue weighted by atomic mass is 9.95. The first-order chi connectivity index (χ1) is 9.50. The Morgan fingerprint density at radius 1 is 1.25 bits per heavy atom. The van der Waals surface area contributed by atoms with Crippen LogP contribution in [0.3, 0.4) is 0 Å². The van der Waals surface area contributed by atoms with E-state index in [1.165, 1.54) is 4.90 Å². The van der Waals surface area contributed by atoms with E-state index in [4.69, 9.17) is 4.74 Å². The van der Waals surface area contributed by atoms with Crippen molar-refractivity contribution in [2.45, 2.75) is 37.9 Å². The van der Waals surface area contributed by atoms with E-state index in [2.05, 4.69) is 0 Å². The summed E-state index contributed by atoms with van der Waals surface area (Å²) in [5.41, 5.74) is 0.853. The van der Waals surface area contributed by atoms with Crippen LogP contribution in [-0.4, -0.2) is 57.2 Å². The van der Waals surface area contributed by atoms with E-state index in [0.717, 1.165) is 5.56 Å². The highest BCUT2D eigenvalue weighted by Gasteiger charge is 2.41. The Labute approximate surface area is 117 Å². The van der Waals surface area contributed by atoms with Gasteiger partial charge in [-0.2, -0.15) is 0 Å². The third kappa shape index (κ3) is 3.09. The maximum absolute atomic E-state index is 12.0. The van der Waals surface area contributed by atoms with E-state index in [1.54, 1.807) is 6.92 Å². The van der Waals surface area contributed by atoms with E-state index >= 15 is 0 Å². The quantitative estimate of drug-likeness (QED) is 0.716. The van der Waals surface area contributed by atoms with Crippen molar-refractivity contribution < 1.29 is 24.9 Å². The second-order valence-corrected chi connectivity index (χ2v) is 4.98. The van der Waals surface area contributed by atoms with Crippen LogP contribution in [0.1, 0.15) is 12.5 Å². The average Bonchev–Trinajstić information content (AvgIpc) is 2.47. The highest BCUT2D eigenvalue weighted by Crippen LogP contribution is 2.19. The number of aliphatic hydroxyl groups excluding tert-OH is 3. The van der Waals surface area contributed by atoms with Crippen LogP contribution in [-0.2, 0) is 11.3 Å². The van der Waals surface area contributed by atoms with Crippen LogP contribution in [0, 0.1) is 0 Å². The number of ether oxygens (including phenoxy) is 1. The normalized spacial score (nSPS) is 30.1. The van der Waals surface area contributed by atoms with Gasteiger partial charge in [0.15, 0.2) is 0 Å². The van der Waals surface area contributed by atoms with Crippen LogP contribution in [0.5, 0.6) is 0 Å². The van der Waals surface area contributed by atoms with Crippen molar-refractivity contribution in [2.24, 2.45) is 0 Å². The first-order valence-corrected chi connectivity index (χ1v) is 6.52. The largest absolute Gasteiger partial charge is 0.445 e. The zero-order valence-electron chi connectivity index (χ0n) is 11.2. The molecule has 2 rings (SSSR count). The Morgan fingerprint density at radius 2 is 1.90 bits per heavy atom. The molecule has 1 saturated heterocycles. The fourth-order valence-corrected chi connectivity index (χ4v) is 2.22. The predicted molar refractivity (Wildman–Crippen MR) is 70.8 cm³/mol. The Kier molecular flexibility index (Phi) is 4.59. The van der Waals surface area contributed by atoms with Gasteiger partial charge in [-0.15, -0.1) is 0 Å². The van der Waals surface area contributed by atoms with Gasteiger partial charge in [-0.1, -0.05) is 30.3 Å². The predicted octanol–water partition coefficient (Wildman–Crippen LogP) is 0.110. The van der Waals surface area contributed by atoms with Gasteiger partial charge in [0.05, 0.1) is 12.6 Å². The summed E-state index contributed by atoms with van der Waals surface area (Å²) in [6.45, 7) is 1.66. The standard InChI is InChI=1S/C14H19NO5/c1-9-12(17)13(18)11(16)7-15(9)14(19)20-8-10-5-3-2-4-6-10/h2-6,9,11-13,16-18H,7-8H2,1H3/t9-,11+,12-,13-/m1/s1. The minimum absolute atomic E-state index is 0.0625. The summed E-state index contributed by atoms with van der Waals surface area (Å²) in [5.74, 6) is 0. The lowest BCUT2D eigenvalue weighted by Gasteiger charge is -2.41. The molecule has 1 aliphatic heterocycles. The molecule has 6 heteroatoms. The smallest absolute Gasteiger partial charge is 0.410 e. The molecule has 1 heterocycles.